The molecule has 0 atom stereocenters. The summed E-state index contributed by atoms with van der Waals surface area (Å²) in [5.74, 6) is 0.147. The molecule has 2 N–H and O–H groups in total. The van der Waals surface area contributed by atoms with E-state index in [0.717, 1.165) is 31.0 Å². The zero-order valence-corrected chi connectivity index (χ0v) is 15.1. The zero-order chi connectivity index (χ0) is 16.2. The molecule has 22 heavy (non-hydrogen) atoms. The number of carbonyl (C=O) groups is 1. The van der Waals surface area contributed by atoms with Crippen LogP contribution in [-0.2, 0) is 4.79 Å². The minimum absolute atomic E-state index is 0.147. The molecule has 0 aromatic carbocycles. The van der Waals surface area contributed by atoms with Crippen LogP contribution in [0.25, 0.3) is 0 Å². The maximum Gasteiger partial charge on any atom is 0.225 e. The summed E-state index contributed by atoms with van der Waals surface area (Å²) < 4.78 is 0. The highest BCUT2D eigenvalue weighted by Gasteiger charge is 2.27. The van der Waals surface area contributed by atoms with Crippen LogP contribution in [-0.4, -0.2) is 41.1 Å². The minimum Gasteiger partial charge on any atom is -0.360 e. The fourth-order valence-electron chi connectivity index (χ4n) is 3.14. The molecule has 126 valence electrons. The molecule has 4 nitrogen and oxygen atoms in total. The van der Waals surface area contributed by atoms with Crippen LogP contribution in [0.2, 0.25) is 0 Å². The molecule has 0 bridgehead atoms. The van der Waals surface area contributed by atoms with E-state index >= 15 is 0 Å². The lowest BCUT2D eigenvalue weighted by Crippen LogP contribution is -2.52. The molecule has 2 fully saturated rings. The molecule has 0 radical (unpaired) electrons. The quantitative estimate of drug-likeness (QED) is 0.766. The Balaban J connectivity index is 1.72. The molecule has 1 aliphatic carbocycles. The molecule has 1 heterocycles. The second kappa shape index (κ2) is 7.62. The second-order valence-corrected chi connectivity index (χ2v) is 8.16. The topological polar surface area (TPSA) is 44.4 Å². The van der Waals surface area contributed by atoms with Crippen molar-refractivity contribution in [3.63, 3.8) is 0 Å². The van der Waals surface area contributed by atoms with E-state index < -0.39 is 0 Å². The minimum atomic E-state index is -0.311. The van der Waals surface area contributed by atoms with Gasteiger partial charge in [-0.2, -0.15) is 0 Å². The molecule has 0 unspecified atom stereocenters. The van der Waals surface area contributed by atoms with Gasteiger partial charge in [0.25, 0.3) is 0 Å². The molecule has 2 aliphatic rings. The first-order valence-electron chi connectivity index (χ1n) is 8.72. The number of hydrogen-bond acceptors (Lipinski definition) is 2. The zero-order valence-electron chi connectivity index (χ0n) is 14.3. The SMILES string of the molecule is CC(C)(C)C(=O)NC1CCN(C(=S)NC2CCCCC2)CC1. The Bertz CT molecular complexity index is 391. The highest BCUT2D eigenvalue weighted by Crippen LogP contribution is 2.19. The molecular weight excluding hydrogens is 294 g/mol. The number of nitrogens with zero attached hydrogens (tertiary/aromatic N) is 1. The van der Waals surface area contributed by atoms with Gasteiger partial charge in [0.05, 0.1) is 0 Å². The third kappa shape index (κ3) is 5.11. The van der Waals surface area contributed by atoms with E-state index in [4.69, 9.17) is 12.2 Å². The van der Waals surface area contributed by atoms with E-state index in [1.807, 2.05) is 20.8 Å². The highest BCUT2D eigenvalue weighted by molar-refractivity contribution is 7.80. The fraction of sp³-hybridized carbons (Fsp3) is 0.882. The summed E-state index contributed by atoms with van der Waals surface area (Å²) in [4.78, 5) is 14.3. The van der Waals surface area contributed by atoms with Crippen LogP contribution in [0.3, 0.4) is 0 Å². The molecule has 1 amide bonds. The van der Waals surface area contributed by atoms with E-state index in [0.29, 0.717) is 12.1 Å². The van der Waals surface area contributed by atoms with Crippen LogP contribution in [0.1, 0.15) is 65.7 Å². The Kier molecular flexibility index (Phi) is 6.07. The molecule has 0 spiro atoms. The van der Waals surface area contributed by atoms with Crippen LogP contribution >= 0.6 is 12.2 Å². The lowest BCUT2D eigenvalue weighted by Gasteiger charge is -2.36. The van der Waals surface area contributed by atoms with Crippen molar-refractivity contribution in [1.29, 1.82) is 0 Å². The lowest BCUT2D eigenvalue weighted by molar-refractivity contribution is -0.129. The van der Waals surface area contributed by atoms with E-state index in [1.54, 1.807) is 0 Å². The molecule has 0 aromatic heterocycles. The average molecular weight is 326 g/mol. The van der Waals surface area contributed by atoms with E-state index in [-0.39, 0.29) is 11.3 Å². The van der Waals surface area contributed by atoms with E-state index in [9.17, 15) is 4.79 Å². The normalized spacial score (nSPS) is 21.5. The van der Waals surface area contributed by atoms with Crippen LogP contribution in [0, 0.1) is 5.41 Å². The van der Waals surface area contributed by atoms with Gasteiger partial charge in [0.2, 0.25) is 5.91 Å². The Morgan fingerprint density at radius 1 is 0.955 bits per heavy atom. The van der Waals surface area contributed by atoms with Gasteiger partial charge in [-0.15, -0.1) is 0 Å². The van der Waals surface area contributed by atoms with Gasteiger partial charge in [0.15, 0.2) is 5.11 Å². The average Bonchev–Trinajstić information content (AvgIpc) is 2.48. The maximum absolute atomic E-state index is 12.0. The number of thiocarbonyl (C=S) groups is 1. The van der Waals surface area contributed by atoms with Crippen molar-refractivity contribution >= 4 is 23.2 Å². The number of likely N-dealkylation sites (tertiary alicyclic amines) is 1. The summed E-state index contributed by atoms with van der Waals surface area (Å²) in [5, 5.41) is 7.62. The molecule has 1 aliphatic heterocycles. The Labute approximate surface area is 140 Å². The number of carbonyl (C=O) groups excluding carboxylic acids is 1. The van der Waals surface area contributed by atoms with Gasteiger partial charge in [-0.25, -0.2) is 0 Å². The van der Waals surface area contributed by atoms with Crippen molar-refractivity contribution in [2.24, 2.45) is 5.41 Å². The number of rotatable bonds is 2. The number of nitrogens with one attached hydrogen (secondary N) is 2. The predicted molar refractivity (Wildman–Crippen MR) is 94.8 cm³/mol. The second-order valence-electron chi connectivity index (χ2n) is 7.77. The molecule has 2 rings (SSSR count). The van der Waals surface area contributed by atoms with Crippen molar-refractivity contribution in [2.75, 3.05) is 13.1 Å². The fourth-order valence-corrected chi connectivity index (χ4v) is 3.49. The number of hydrogen-bond donors (Lipinski definition) is 2. The van der Waals surface area contributed by atoms with Crippen molar-refractivity contribution in [1.82, 2.24) is 15.5 Å². The van der Waals surface area contributed by atoms with Crippen LogP contribution in [0.5, 0.6) is 0 Å². The van der Waals surface area contributed by atoms with Crippen LogP contribution in [0.15, 0.2) is 0 Å². The predicted octanol–water partition coefficient (Wildman–Crippen LogP) is 2.82. The van der Waals surface area contributed by atoms with Gasteiger partial charge in [0, 0.05) is 30.6 Å². The number of piperidine rings is 1. The van der Waals surface area contributed by atoms with Crippen molar-refractivity contribution in [3.05, 3.63) is 0 Å². The first-order valence-corrected chi connectivity index (χ1v) is 9.13. The lowest BCUT2D eigenvalue weighted by atomic mass is 9.94. The third-order valence-electron chi connectivity index (χ3n) is 4.73. The first-order chi connectivity index (χ1) is 10.4. The monoisotopic (exact) mass is 325 g/mol. The van der Waals surface area contributed by atoms with Gasteiger partial charge in [-0.05, 0) is 37.9 Å². The summed E-state index contributed by atoms with van der Waals surface area (Å²) in [6.07, 6.45) is 8.46. The molecular formula is C17H31N3OS. The molecule has 5 heteroatoms. The summed E-state index contributed by atoms with van der Waals surface area (Å²) >= 11 is 5.57. The number of amides is 1. The standard InChI is InChI=1S/C17H31N3OS/c1-17(2,3)15(21)18-14-9-11-20(12-10-14)16(22)19-13-7-5-4-6-8-13/h13-14H,4-12H2,1-3H3,(H,18,21)(H,19,22). The summed E-state index contributed by atoms with van der Waals surface area (Å²) in [5.41, 5.74) is -0.311. The van der Waals surface area contributed by atoms with Crippen LogP contribution < -0.4 is 10.6 Å². The van der Waals surface area contributed by atoms with Crippen molar-refractivity contribution in [2.45, 2.75) is 77.8 Å². The molecule has 1 saturated heterocycles. The van der Waals surface area contributed by atoms with Gasteiger partial charge in [-0.1, -0.05) is 40.0 Å². The highest BCUT2D eigenvalue weighted by atomic mass is 32.1. The van der Waals surface area contributed by atoms with Crippen LogP contribution in [0.4, 0.5) is 0 Å². The van der Waals surface area contributed by atoms with Gasteiger partial charge in [0.1, 0.15) is 0 Å². The van der Waals surface area contributed by atoms with E-state index in [2.05, 4.69) is 15.5 Å². The Hall–Kier alpha value is -0.840. The first kappa shape index (κ1) is 17.5. The van der Waals surface area contributed by atoms with Gasteiger partial charge in [-0.3, -0.25) is 4.79 Å². The van der Waals surface area contributed by atoms with E-state index in [1.165, 1.54) is 32.1 Å². The summed E-state index contributed by atoms with van der Waals surface area (Å²) in [6.45, 7) is 7.75. The van der Waals surface area contributed by atoms with Gasteiger partial charge >= 0.3 is 0 Å². The molecule has 1 saturated carbocycles. The Morgan fingerprint density at radius 3 is 2.05 bits per heavy atom. The maximum atomic E-state index is 12.0. The van der Waals surface area contributed by atoms with Crippen molar-refractivity contribution < 1.29 is 4.79 Å². The summed E-state index contributed by atoms with van der Waals surface area (Å²) in [7, 11) is 0. The summed E-state index contributed by atoms with van der Waals surface area (Å²) in [6, 6.07) is 0.861. The Morgan fingerprint density at radius 2 is 1.50 bits per heavy atom. The van der Waals surface area contributed by atoms with Crippen molar-refractivity contribution in [3.8, 4) is 0 Å². The smallest absolute Gasteiger partial charge is 0.225 e. The largest absolute Gasteiger partial charge is 0.360 e. The van der Waals surface area contributed by atoms with Gasteiger partial charge < -0.3 is 15.5 Å². The third-order valence-corrected chi connectivity index (χ3v) is 5.11. The molecule has 0 aromatic rings.